The molecule has 1 heterocycles. The van der Waals surface area contributed by atoms with Crippen LogP contribution in [-0.4, -0.2) is 19.0 Å². The van der Waals surface area contributed by atoms with Crippen molar-refractivity contribution in [2.45, 2.75) is 25.7 Å². The maximum Gasteiger partial charge on any atom is 0.0254 e. The topological polar surface area (TPSA) is 12.0 Å². The SMILES string of the molecule is ClCC1CCCC1CNCCc1cccs1. The van der Waals surface area contributed by atoms with Gasteiger partial charge in [-0.15, -0.1) is 22.9 Å². The summed E-state index contributed by atoms with van der Waals surface area (Å²) in [7, 11) is 0. The van der Waals surface area contributed by atoms with Gasteiger partial charge in [0, 0.05) is 10.8 Å². The average molecular weight is 258 g/mol. The van der Waals surface area contributed by atoms with E-state index in [-0.39, 0.29) is 0 Å². The maximum absolute atomic E-state index is 5.97. The van der Waals surface area contributed by atoms with E-state index in [0.29, 0.717) is 0 Å². The van der Waals surface area contributed by atoms with Crippen LogP contribution in [0.3, 0.4) is 0 Å². The number of hydrogen-bond acceptors (Lipinski definition) is 2. The standard InChI is InChI=1S/C13H20ClNS/c14-9-11-3-1-4-12(11)10-15-7-6-13-5-2-8-16-13/h2,5,8,11-12,15H,1,3-4,6-7,9-10H2. The van der Waals surface area contributed by atoms with Gasteiger partial charge in [-0.2, -0.15) is 0 Å². The lowest BCUT2D eigenvalue weighted by Gasteiger charge is -2.17. The third-order valence-electron chi connectivity index (χ3n) is 3.55. The summed E-state index contributed by atoms with van der Waals surface area (Å²) < 4.78 is 0. The van der Waals surface area contributed by atoms with Crippen molar-refractivity contribution >= 4 is 22.9 Å². The summed E-state index contributed by atoms with van der Waals surface area (Å²) in [5.74, 6) is 2.42. The van der Waals surface area contributed by atoms with Crippen LogP contribution in [0.5, 0.6) is 0 Å². The van der Waals surface area contributed by atoms with Gasteiger partial charge in [0.1, 0.15) is 0 Å². The van der Waals surface area contributed by atoms with E-state index in [0.717, 1.165) is 37.2 Å². The molecule has 0 spiro atoms. The van der Waals surface area contributed by atoms with Crippen molar-refractivity contribution in [3.8, 4) is 0 Å². The Morgan fingerprint density at radius 1 is 1.38 bits per heavy atom. The quantitative estimate of drug-likeness (QED) is 0.607. The minimum absolute atomic E-state index is 0.760. The van der Waals surface area contributed by atoms with Crippen LogP contribution in [0, 0.1) is 11.8 Å². The van der Waals surface area contributed by atoms with Gasteiger partial charge in [-0.3, -0.25) is 0 Å². The van der Waals surface area contributed by atoms with E-state index in [4.69, 9.17) is 11.6 Å². The van der Waals surface area contributed by atoms with Crippen molar-refractivity contribution in [2.75, 3.05) is 19.0 Å². The van der Waals surface area contributed by atoms with Crippen molar-refractivity contribution in [2.24, 2.45) is 11.8 Å². The number of alkyl halides is 1. The van der Waals surface area contributed by atoms with Crippen LogP contribution >= 0.6 is 22.9 Å². The average Bonchev–Trinajstić information content (AvgIpc) is 2.95. The molecule has 1 aromatic heterocycles. The molecule has 3 heteroatoms. The largest absolute Gasteiger partial charge is 0.316 e. The van der Waals surface area contributed by atoms with Crippen molar-refractivity contribution in [1.29, 1.82) is 0 Å². The lowest BCUT2D eigenvalue weighted by molar-refractivity contribution is 0.397. The van der Waals surface area contributed by atoms with E-state index in [2.05, 4.69) is 22.8 Å². The highest BCUT2D eigenvalue weighted by molar-refractivity contribution is 7.09. The van der Waals surface area contributed by atoms with E-state index in [1.54, 1.807) is 0 Å². The third kappa shape index (κ3) is 3.47. The van der Waals surface area contributed by atoms with Crippen LogP contribution in [0.15, 0.2) is 17.5 Å². The molecule has 0 aliphatic heterocycles. The van der Waals surface area contributed by atoms with Gasteiger partial charge >= 0.3 is 0 Å². The molecule has 0 bridgehead atoms. The van der Waals surface area contributed by atoms with Crippen LogP contribution in [0.4, 0.5) is 0 Å². The predicted molar refractivity (Wildman–Crippen MR) is 72.4 cm³/mol. The molecule has 1 aliphatic carbocycles. The Morgan fingerprint density at radius 3 is 3.00 bits per heavy atom. The first-order valence-electron chi connectivity index (χ1n) is 6.19. The molecule has 0 aromatic carbocycles. The van der Waals surface area contributed by atoms with Gasteiger partial charge in [0.25, 0.3) is 0 Å². The molecule has 0 saturated heterocycles. The number of rotatable bonds is 6. The Hall–Kier alpha value is -0.0500. The Labute approximate surface area is 107 Å². The van der Waals surface area contributed by atoms with Crippen molar-refractivity contribution < 1.29 is 0 Å². The second-order valence-corrected chi connectivity index (χ2v) is 5.98. The molecule has 1 N–H and O–H groups in total. The highest BCUT2D eigenvalue weighted by Crippen LogP contribution is 2.31. The number of nitrogens with one attached hydrogen (secondary N) is 1. The zero-order valence-corrected chi connectivity index (χ0v) is 11.2. The van der Waals surface area contributed by atoms with Crippen molar-refractivity contribution in [1.82, 2.24) is 5.32 Å². The fraction of sp³-hybridized carbons (Fsp3) is 0.692. The monoisotopic (exact) mass is 257 g/mol. The van der Waals surface area contributed by atoms with Gasteiger partial charge in [-0.05, 0) is 55.6 Å². The fourth-order valence-electron chi connectivity index (χ4n) is 2.54. The first kappa shape index (κ1) is 12.4. The first-order chi connectivity index (χ1) is 7.90. The highest BCUT2D eigenvalue weighted by Gasteiger charge is 2.25. The molecule has 1 nitrogen and oxygen atoms in total. The summed E-state index contributed by atoms with van der Waals surface area (Å²) in [6.45, 7) is 2.26. The number of halogens is 1. The predicted octanol–water partition coefficient (Wildman–Crippen LogP) is 3.54. The summed E-state index contributed by atoms with van der Waals surface area (Å²) in [6, 6.07) is 4.34. The molecular formula is C13H20ClNS. The summed E-state index contributed by atoms with van der Waals surface area (Å²) in [6.07, 6.45) is 5.23. The molecule has 16 heavy (non-hydrogen) atoms. The van der Waals surface area contributed by atoms with Crippen LogP contribution in [0.25, 0.3) is 0 Å². The molecular weight excluding hydrogens is 238 g/mol. The maximum atomic E-state index is 5.97. The van der Waals surface area contributed by atoms with Gasteiger partial charge in [0.05, 0.1) is 0 Å². The smallest absolute Gasteiger partial charge is 0.0254 e. The van der Waals surface area contributed by atoms with Crippen molar-refractivity contribution in [3.63, 3.8) is 0 Å². The number of hydrogen-bond donors (Lipinski definition) is 1. The summed E-state index contributed by atoms with van der Waals surface area (Å²) in [5, 5.41) is 5.73. The van der Waals surface area contributed by atoms with Crippen LogP contribution < -0.4 is 5.32 Å². The minimum atomic E-state index is 0.760. The zero-order valence-electron chi connectivity index (χ0n) is 9.62. The molecule has 0 radical (unpaired) electrons. The van der Waals surface area contributed by atoms with Gasteiger partial charge in [0.15, 0.2) is 0 Å². The second-order valence-electron chi connectivity index (χ2n) is 4.64. The van der Waals surface area contributed by atoms with Crippen molar-refractivity contribution in [3.05, 3.63) is 22.4 Å². The highest BCUT2D eigenvalue weighted by atomic mass is 35.5. The number of thiophene rings is 1. The Morgan fingerprint density at radius 2 is 2.25 bits per heavy atom. The van der Waals surface area contributed by atoms with E-state index >= 15 is 0 Å². The second kappa shape index (κ2) is 6.63. The van der Waals surface area contributed by atoms with Gasteiger partial charge < -0.3 is 5.32 Å². The molecule has 90 valence electrons. The lowest BCUT2D eigenvalue weighted by atomic mass is 9.98. The van der Waals surface area contributed by atoms with E-state index < -0.39 is 0 Å². The Balaban J connectivity index is 1.61. The molecule has 1 fully saturated rings. The van der Waals surface area contributed by atoms with Crippen LogP contribution in [-0.2, 0) is 6.42 Å². The van der Waals surface area contributed by atoms with Gasteiger partial charge in [-0.1, -0.05) is 12.5 Å². The molecule has 2 unspecified atom stereocenters. The molecule has 1 aromatic rings. The normalized spacial score (nSPS) is 25.1. The summed E-state index contributed by atoms with van der Waals surface area (Å²) in [4.78, 5) is 1.48. The molecule has 2 atom stereocenters. The van der Waals surface area contributed by atoms with E-state index in [1.165, 1.54) is 24.1 Å². The molecule has 2 rings (SSSR count). The van der Waals surface area contributed by atoms with Gasteiger partial charge in [-0.25, -0.2) is 0 Å². The fourth-order valence-corrected chi connectivity index (χ4v) is 3.65. The van der Waals surface area contributed by atoms with E-state index in [1.807, 2.05) is 11.3 Å². The lowest BCUT2D eigenvalue weighted by Crippen LogP contribution is -2.27. The Bertz CT molecular complexity index is 286. The summed E-state index contributed by atoms with van der Waals surface area (Å²) in [5.41, 5.74) is 0. The molecule has 1 saturated carbocycles. The van der Waals surface area contributed by atoms with Crippen LogP contribution in [0.1, 0.15) is 24.1 Å². The Kier molecular flexibility index (Phi) is 5.14. The molecule has 0 amide bonds. The first-order valence-corrected chi connectivity index (χ1v) is 7.60. The van der Waals surface area contributed by atoms with Crippen LogP contribution in [0.2, 0.25) is 0 Å². The van der Waals surface area contributed by atoms with E-state index in [9.17, 15) is 0 Å². The van der Waals surface area contributed by atoms with Gasteiger partial charge in [0.2, 0.25) is 0 Å². The third-order valence-corrected chi connectivity index (χ3v) is 4.88. The molecule has 1 aliphatic rings. The minimum Gasteiger partial charge on any atom is -0.316 e. The summed E-state index contributed by atoms with van der Waals surface area (Å²) >= 11 is 7.82. The zero-order chi connectivity index (χ0) is 11.2.